The summed E-state index contributed by atoms with van der Waals surface area (Å²) in [5.41, 5.74) is 1.86. The largest absolute Gasteiger partial charge is 0.497 e. The highest BCUT2D eigenvalue weighted by Crippen LogP contribution is 2.18. The zero-order valence-electron chi connectivity index (χ0n) is 15.3. The molecule has 1 amide bonds. The van der Waals surface area contributed by atoms with Gasteiger partial charge in [-0.2, -0.15) is 0 Å². The van der Waals surface area contributed by atoms with Gasteiger partial charge in [-0.05, 0) is 49.1 Å². The SMILES string of the molecule is COc1cccc(CCNc2cc(C(=O)NC3CCCCC3)ccn2)c1. The van der Waals surface area contributed by atoms with E-state index >= 15 is 0 Å². The number of aromatic nitrogens is 1. The number of rotatable bonds is 7. The molecule has 0 aliphatic heterocycles. The van der Waals surface area contributed by atoms with Crippen LogP contribution in [0, 0.1) is 0 Å². The first-order chi connectivity index (χ1) is 12.7. The predicted octanol–water partition coefficient (Wildman–Crippen LogP) is 3.81. The molecular weight excluding hydrogens is 326 g/mol. The van der Waals surface area contributed by atoms with E-state index in [1.54, 1.807) is 19.4 Å². The number of anilines is 1. The Morgan fingerprint density at radius 3 is 2.85 bits per heavy atom. The minimum absolute atomic E-state index is 0.00449. The number of hydrogen-bond acceptors (Lipinski definition) is 4. The van der Waals surface area contributed by atoms with Crippen molar-refractivity contribution in [2.24, 2.45) is 0 Å². The van der Waals surface area contributed by atoms with E-state index in [2.05, 4.69) is 21.7 Å². The molecule has 5 heteroatoms. The van der Waals surface area contributed by atoms with Gasteiger partial charge in [0.15, 0.2) is 0 Å². The Morgan fingerprint density at radius 1 is 1.19 bits per heavy atom. The summed E-state index contributed by atoms with van der Waals surface area (Å²) in [5, 5.41) is 6.45. The van der Waals surface area contributed by atoms with Crippen molar-refractivity contribution >= 4 is 11.7 Å². The Hall–Kier alpha value is -2.56. The minimum Gasteiger partial charge on any atom is -0.497 e. The van der Waals surface area contributed by atoms with Crippen LogP contribution >= 0.6 is 0 Å². The summed E-state index contributed by atoms with van der Waals surface area (Å²) < 4.78 is 5.25. The van der Waals surface area contributed by atoms with Crippen LogP contribution in [0.3, 0.4) is 0 Å². The molecule has 0 bridgehead atoms. The highest BCUT2D eigenvalue weighted by Gasteiger charge is 2.16. The van der Waals surface area contributed by atoms with Gasteiger partial charge in [-0.15, -0.1) is 0 Å². The van der Waals surface area contributed by atoms with Gasteiger partial charge < -0.3 is 15.4 Å². The number of carbonyl (C=O) groups is 1. The fourth-order valence-corrected chi connectivity index (χ4v) is 3.35. The van der Waals surface area contributed by atoms with E-state index in [9.17, 15) is 4.79 Å². The van der Waals surface area contributed by atoms with Gasteiger partial charge in [-0.25, -0.2) is 4.98 Å². The maximum Gasteiger partial charge on any atom is 0.251 e. The van der Waals surface area contributed by atoms with Crippen LogP contribution in [0.2, 0.25) is 0 Å². The molecule has 0 spiro atoms. The van der Waals surface area contributed by atoms with Crippen molar-refractivity contribution in [1.29, 1.82) is 0 Å². The molecule has 1 saturated carbocycles. The minimum atomic E-state index is -0.00449. The van der Waals surface area contributed by atoms with Gasteiger partial charge in [0.25, 0.3) is 5.91 Å². The third kappa shape index (κ3) is 5.22. The Kier molecular flexibility index (Phi) is 6.47. The van der Waals surface area contributed by atoms with Crippen molar-refractivity contribution in [2.45, 2.75) is 44.6 Å². The van der Waals surface area contributed by atoms with Crippen LogP contribution < -0.4 is 15.4 Å². The van der Waals surface area contributed by atoms with Crippen LogP contribution in [0.25, 0.3) is 0 Å². The third-order valence-electron chi connectivity index (χ3n) is 4.82. The van der Waals surface area contributed by atoms with Crippen LogP contribution in [0.1, 0.15) is 48.0 Å². The first-order valence-corrected chi connectivity index (χ1v) is 9.38. The Bertz CT molecular complexity index is 727. The summed E-state index contributed by atoms with van der Waals surface area (Å²) in [6.45, 7) is 0.744. The standard InChI is InChI=1S/C21H27N3O2/c1-26-19-9-5-6-16(14-19)10-12-22-20-15-17(11-13-23-20)21(25)24-18-7-3-2-4-8-18/h5-6,9,11,13-15,18H,2-4,7-8,10,12H2,1H3,(H,22,23)(H,24,25). The molecule has 5 nitrogen and oxygen atoms in total. The lowest BCUT2D eigenvalue weighted by Crippen LogP contribution is -2.36. The van der Waals surface area contributed by atoms with Gasteiger partial charge in [-0.1, -0.05) is 31.4 Å². The van der Waals surface area contributed by atoms with Crippen molar-refractivity contribution in [3.05, 3.63) is 53.7 Å². The van der Waals surface area contributed by atoms with Crippen molar-refractivity contribution < 1.29 is 9.53 Å². The molecule has 0 unspecified atom stereocenters. The van der Waals surface area contributed by atoms with Gasteiger partial charge in [0.05, 0.1) is 7.11 Å². The lowest BCUT2D eigenvalue weighted by Gasteiger charge is -2.22. The molecule has 26 heavy (non-hydrogen) atoms. The summed E-state index contributed by atoms with van der Waals surface area (Å²) in [4.78, 5) is 16.8. The second kappa shape index (κ2) is 9.22. The third-order valence-corrected chi connectivity index (χ3v) is 4.82. The zero-order chi connectivity index (χ0) is 18.2. The number of pyridine rings is 1. The molecule has 2 aromatic rings. The van der Waals surface area contributed by atoms with Crippen LogP contribution in [0.15, 0.2) is 42.6 Å². The second-order valence-corrected chi connectivity index (χ2v) is 6.77. The van der Waals surface area contributed by atoms with Gasteiger partial charge in [0.1, 0.15) is 11.6 Å². The van der Waals surface area contributed by atoms with Crippen molar-refractivity contribution in [2.75, 3.05) is 19.0 Å². The number of nitrogens with zero attached hydrogens (tertiary/aromatic N) is 1. The van der Waals surface area contributed by atoms with Crippen LogP contribution in [-0.4, -0.2) is 30.6 Å². The van der Waals surface area contributed by atoms with Gasteiger partial charge >= 0.3 is 0 Å². The number of methoxy groups -OCH3 is 1. The highest BCUT2D eigenvalue weighted by molar-refractivity contribution is 5.95. The first-order valence-electron chi connectivity index (χ1n) is 9.38. The van der Waals surface area contributed by atoms with E-state index < -0.39 is 0 Å². The predicted molar refractivity (Wildman–Crippen MR) is 104 cm³/mol. The van der Waals surface area contributed by atoms with Crippen molar-refractivity contribution in [3.8, 4) is 5.75 Å². The summed E-state index contributed by atoms with van der Waals surface area (Å²) in [6.07, 6.45) is 8.41. The normalized spacial score (nSPS) is 14.7. The Morgan fingerprint density at radius 2 is 2.04 bits per heavy atom. The van der Waals surface area contributed by atoms with Gasteiger partial charge in [-0.3, -0.25) is 4.79 Å². The van der Waals surface area contributed by atoms with E-state index in [4.69, 9.17) is 4.74 Å². The average Bonchev–Trinajstić information content (AvgIpc) is 2.69. The number of ether oxygens (including phenoxy) is 1. The lowest BCUT2D eigenvalue weighted by molar-refractivity contribution is 0.0927. The number of amides is 1. The molecule has 3 rings (SSSR count). The van der Waals surface area contributed by atoms with Gasteiger partial charge in [0, 0.05) is 24.3 Å². The molecule has 0 radical (unpaired) electrons. The quantitative estimate of drug-likeness (QED) is 0.794. The fraction of sp³-hybridized carbons (Fsp3) is 0.429. The molecule has 1 aliphatic carbocycles. The first kappa shape index (κ1) is 18.2. The number of hydrogen-bond donors (Lipinski definition) is 2. The van der Waals surface area contributed by atoms with E-state index in [0.717, 1.165) is 37.4 Å². The highest BCUT2D eigenvalue weighted by atomic mass is 16.5. The molecule has 138 valence electrons. The molecule has 0 atom stereocenters. The Labute approximate surface area is 155 Å². The molecule has 1 aromatic heterocycles. The van der Waals surface area contributed by atoms with Crippen molar-refractivity contribution in [3.63, 3.8) is 0 Å². The summed E-state index contributed by atoms with van der Waals surface area (Å²) >= 11 is 0. The topological polar surface area (TPSA) is 63.2 Å². The molecular formula is C21H27N3O2. The van der Waals surface area contributed by atoms with E-state index in [1.807, 2.05) is 24.3 Å². The van der Waals surface area contributed by atoms with Crippen molar-refractivity contribution in [1.82, 2.24) is 10.3 Å². The monoisotopic (exact) mass is 353 g/mol. The van der Waals surface area contributed by atoms with Gasteiger partial charge in [0.2, 0.25) is 0 Å². The molecule has 1 fully saturated rings. The van der Waals surface area contributed by atoms with E-state index in [1.165, 1.54) is 24.8 Å². The fourth-order valence-electron chi connectivity index (χ4n) is 3.35. The zero-order valence-corrected chi connectivity index (χ0v) is 15.3. The lowest BCUT2D eigenvalue weighted by atomic mass is 9.95. The summed E-state index contributed by atoms with van der Waals surface area (Å²) in [7, 11) is 1.67. The van der Waals surface area contributed by atoms with E-state index in [0.29, 0.717) is 11.6 Å². The summed E-state index contributed by atoms with van der Waals surface area (Å²) in [5.74, 6) is 1.58. The second-order valence-electron chi connectivity index (χ2n) is 6.77. The molecule has 0 saturated heterocycles. The molecule has 2 N–H and O–H groups in total. The molecule has 1 heterocycles. The average molecular weight is 353 g/mol. The van der Waals surface area contributed by atoms with Crippen LogP contribution in [0.5, 0.6) is 5.75 Å². The number of carbonyl (C=O) groups excluding carboxylic acids is 1. The summed E-state index contributed by atoms with van der Waals surface area (Å²) in [6, 6.07) is 11.9. The Balaban J connectivity index is 1.52. The maximum absolute atomic E-state index is 12.5. The molecule has 1 aliphatic rings. The number of nitrogens with one attached hydrogen (secondary N) is 2. The van der Waals surface area contributed by atoms with E-state index in [-0.39, 0.29) is 5.91 Å². The van der Waals surface area contributed by atoms with Crippen LogP contribution in [-0.2, 0) is 6.42 Å². The molecule has 1 aromatic carbocycles. The number of benzene rings is 1. The smallest absolute Gasteiger partial charge is 0.251 e. The maximum atomic E-state index is 12.5. The van der Waals surface area contributed by atoms with Crippen LogP contribution in [0.4, 0.5) is 5.82 Å².